The van der Waals surface area contributed by atoms with E-state index in [9.17, 15) is 18.0 Å². The molecule has 1 amide bonds. The molecule has 0 bridgehead atoms. The minimum absolute atomic E-state index is 0.339. The van der Waals surface area contributed by atoms with E-state index in [1.54, 1.807) is 13.0 Å². The lowest BCUT2D eigenvalue weighted by molar-refractivity contribution is -0.126. The molecule has 0 saturated heterocycles. The summed E-state index contributed by atoms with van der Waals surface area (Å²) in [6.45, 7) is 2.01. The summed E-state index contributed by atoms with van der Waals surface area (Å²) in [6.07, 6.45) is -4.32. The van der Waals surface area contributed by atoms with Crippen molar-refractivity contribution in [3.8, 4) is 0 Å². The number of carbonyl (C=O) groups excluding carboxylic acids is 1. The van der Waals surface area contributed by atoms with Crippen molar-refractivity contribution < 1.29 is 18.0 Å². The first-order valence-electron chi connectivity index (χ1n) is 5.29. The van der Waals surface area contributed by atoms with Crippen LogP contribution in [0.5, 0.6) is 0 Å². The van der Waals surface area contributed by atoms with E-state index in [0.717, 1.165) is 11.3 Å². The molecule has 1 aromatic rings. The standard InChI is InChI=1S/C11H14F3N3O/c1-7-3-8(2)16-9(4-7)17-10(18)5-15-6-11(12,13)14/h3-4,15H,5-6H2,1-2H3,(H,16,17,18). The van der Waals surface area contributed by atoms with E-state index >= 15 is 0 Å². The molecule has 0 unspecified atom stereocenters. The lowest BCUT2D eigenvalue weighted by atomic mass is 10.2. The van der Waals surface area contributed by atoms with Crippen molar-refractivity contribution >= 4 is 11.7 Å². The van der Waals surface area contributed by atoms with Gasteiger partial charge in [-0.2, -0.15) is 13.2 Å². The maximum absolute atomic E-state index is 11.8. The van der Waals surface area contributed by atoms with Gasteiger partial charge in [-0.15, -0.1) is 0 Å². The molecule has 1 heterocycles. The number of hydrogen-bond donors (Lipinski definition) is 2. The fraction of sp³-hybridized carbons (Fsp3) is 0.455. The summed E-state index contributed by atoms with van der Waals surface area (Å²) in [4.78, 5) is 15.4. The molecule has 0 saturated carbocycles. The zero-order valence-corrected chi connectivity index (χ0v) is 10.1. The molecule has 1 aromatic heterocycles. The first-order valence-corrected chi connectivity index (χ1v) is 5.29. The Bertz CT molecular complexity index is 412. The molecule has 0 fully saturated rings. The molecule has 0 aliphatic carbocycles. The molecule has 7 heteroatoms. The highest BCUT2D eigenvalue weighted by Gasteiger charge is 2.26. The SMILES string of the molecule is Cc1cc(C)nc(NC(=O)CNCC(F)(F)F)c1. The summed E-state index contributed by atoms with van der Waals surface area (Å²) in [6, 6.07) is 3.48. The summed E-state index contributed by atoms with van der Waals surface area (Å²) < 4.78 is 35.5. The van der Waals surface area contributed by atoms with Gasteiger partial charge in [-0.3, -0.25) is 4.79 Å². The lowest BCUT2D eigenvalue weighted by Crippen LogP contribution is -2.35. The maximum atomic E-state index is 11.8. The fourth-order valence-corrected chi connectivity index (χ4v) is 1.41. The Labute approximate surface area is 103 Å². The van der Waals surface area contributed by atoms with Crippen LogP contribution in [0.2, 0.25) is 0 Å². The lowest BCUT2D eigenvalue weighted by Gasteiger charge is -2.09. The summed E-state index contributed by atoms with van der Waals surface area (Å²) in [5, 5.41) is 4.44. The monoisotopic (exact) mass is 261 g/mol. The number of halogens is 3. The number of nitrogens with one attached hydrogen (secondary N) is 2. The Kier molecular flexibility index (Phi) is 4.66. The summed E-state index contributed by atoms with van der Waals surface area (Å²) in [7, 11) is 0. The Balaban J connectivity index is 2.45. The number of carbonyl (C=O) groups is 1. The maximum Gasteiger partial charge on any atom is 0.401 e. The molecule has 2 N–H and O–H groups in total. The van der Waals surface area contributed by atoms with E-state index in [1.807, 2.05) is 18.3 Å². The molecule has 18 heavy (non-hydrogen) atoms. The molecule has 0 spiro atoms. The Morgan fingerprint density at radius 2 is 2.00 bits per heavy atom. The normalized spacial score (nSPS) is 11.4. The molecule has 0 aliphatic rings. The number of aryl methyl sites for hydroxylation is 2. The van der Waals surface area contributed by atoms with Crippen LogP contribution in [0, 0.1) is 13.8 Å². The van der Waals surface area contributed by atoms with Gasteiger partial charge in [0.2, 0.25) is 5.91 Å². The number of pyridine rings is 1. The van der Waals surface area contributed by atoms with Gasteiger partial charge >= 0.3 is 6.18 Å². The van der Waals surface area contributed by atoms with E-state index in [-0.39, 0.29) is 0 Å². The predicted octanol–water partition coefficient (Wildman–Crippen LogP) is 1.79. The molecular formula is C11H14F3N3O. The molecule has 0 aromatic carbocycles. The van der Waals surface area contributed by atoms with Crippen molar-refractivity contribution in [2.24, 2.45) is 0 Å². The van der Waals surface area contributed by atoms with Crippen molar-refractivity contribution in [3.05, 3.63) is 23.4 Å². The van der Waals surface area contributed by atoms with Gasteiger partial charge in [0.25, 0.3) is 0 Å². The van der Waals surface area contributed by atoms with Crippen LogP contribution in [0.1, 0.15) is 11.3 Å². The Morgan fingerprint density at radius 1 is 1.33 bits per heavy atom. The number of anilines is 1. The van der Waals surface area contributed by atoms with Gasteiger partial charge in [-0.1, -0.05) is 0 Å². The van der Waals surface area contributed by atoms with Gasteiger partial charge in [0.15, 0.2) is 0 Å². The van der Waals surface area contributed by atoms with Gasteiger partial charge < -0.3 is 10.6 Å². The highest BCUT2D eigenvalue weighted by molar-refractivity contribution is 5.91. The van der Waals surface area contributed by atoms with Gasteiger partial charge in [0, 0.05) is 5.69 Å². The van der Waals surface area contributed by atoms with Crippen molar-refractivity contribution in [1.82, 2.24) is 10.3 Å². The van der Waals surface area contributed by atoms with Crippen LogP contribution >= 0.6 is 0 Å². The van der Waals surface area contributed by atoms with Crippen LogP contribution in [0.3, 0.4) is 0 Å². The topological polar surface area (TPSA) is 54.0 Å². The van der Waals surface area contributed by atoms with Crippen LogP contribution < -0.4 is 10.6 Å². The van der Waals surface area contributed by atoms with E-state index in [0.29, 0.717) is 5.82 Å². The summed E-state index contributed by atoms with van der Waals surface area (Å²) in [5.74, 6) is -0.219. The van der Waals surface area contributed by atoms with Gasteiger partial charge in [-0.05, 0) is 31.5 Å². The van der Waals surface area contributed by atoms with Crippen LogP contribution in [-0.2, 0) is 4.79 Å². The van der Waals surface area contributed by atoms with Gasteiger partial charge in [0.05, 0.1) is 13.1 Å². The predicted molar refractivity (Wildman–Crippen MR) is 61.3 cm³/mol. The molecule has 0 radical (unpaired) electrons. The second kappa shape index (κ2) is 5.81. The fourth-order valence-electron chi connectivity index (χ4n) is 1.41. The minimum atomic E-state index is -4.32. The molecule has 4 nitrogen and oxygen atoms in total. The van der Waals surface area contributed by atoms with Crippen molar-refractivity contribution in [2.75, 3.05) is 18.4 Å². The van der Waals surface area contributed by atoms with E-state index in [2.05, 4.69) is 10.3 Å². The second-order valence-electron chi connectivity index (χ2n) is 3.94. The summed E-state index contributed by atoms with van der Waals surface area (Å²) in [5.41, 5.74) is 1.65. The zero-order valence-electron chi connectivity index (χ0n) is 10.1. The van der Waals surface area contributed by atoms with Crippen LogP contribution in [-0.4, -0.2) is 30.2 Å². The van der Waals surface area contributed by atoms with Gasteiger partial charge in [-0.25, -0.2) is 4.98 Å². The van der Waals surface area contributed by atoms with Crippen molar-refractivity contribution in [2.45, 2.75) is 20.0 Å². The number of aromatic nitrogens is 1. The minimum Gasteiger partial charge on any atom is -0.310 e. The molecule has 1 rings (SSSR count). The van der Waals surface area contributed by atoms with Crippen LogP contribution in [0.15, 0.2) is 12.1 Å². The van der Waals surface area contributed by atoms with E-state index in [4.69, 9.17) is 0 Å². The molecular weight excluding hydrogens is 247 g/mol. The number of nitrogens with zero attached hydrogens (tertiary/aromatic N) is 1. The summed E-state index contributed by atoms with van der Waals surface area (Å²) >= 11 is 0. The molecule has 0 aliphatic heterocycles. The smallest absolute Gasteiger partial charge is 0.310 e. The number of hydrogen-bond acceptors (Lipinski definition) is 3. The highest BCUT2D eigenvalue weighted by atomic mass is 19.4. The average molecular weight is 261 g/mol. The Morgan fingerprint density at radius 3 is 2.56 bits per heavy atom. The third-order valence-electron chi connectivity index (χ3n) is 1.98. The number of alkyl halides is 3. The van der Waals surface area contributed by atoms with Crippen molar-refractivity contribution in [3.63, 3.8) is 0 Å². The van der Waals surface area contributed by atoms with E-state index < -0.39 is 25.2 Å². The number of rotatable bonds is 4. The molecule has 100 valence electrons. The van der Waals surface area contributed by atoms with Crippen LogP contribution in [0.25, 0.3) is 0 Å². The quantitative estimate of drug-likeness (QED) is 0.868. The highest BCUT2D eigenvalue weighted by Crippen LogP contribution is 2.12. The zero-order chi connectivity index (χ0) is 13.8. The third-order valence-corrected chi connectivity index (χ3v) is 1.98. The first kappa shape index (κ1) is 14.4. The van der Waals surface area contributed by atoms with Crippen molar-refractivity contribution in [1.29, 1.82) is 0 Å². The third kappa shape index (κ3) is 5.62. The Hall–Kier alpha value is -1.63. The first-order chi connectivity index (χ1) is 8.26. The molecule has 0 atom stereocenters. The average Bonchev–Trinajstić information content (AvgIpc) is 2.12. The van der Waals surface area contributed by atoms with Crippen LogP contribution in [0.4, 0.5) is 19.0 Å². The largest absolute Gasteiger partial charge is 0.401 e. The number of amides is 1. The van der Waals surface area contributed by atoms with E-state index in [1.165, 1.54) is 0 Å². The second-order valence-corrected chi connectivity index (χ2v) is 3.94. The van der Waals surface area contributed by atoms with Gasteiger partial charge in [0.1, 0.15) is 5.82 Å².